The molecule has 1 saturated heterocycles. The molecule has 0 amide bonds. The Morgan fingerprint density at radius 2 is 2.11 bits per heavy atom. The quantitative estimate of drug-likeness (QED) is 0.481. The summed E-state index contributed by atoms with van der Waals surface area (Å²) >= 11 is 0. The van der Waals surface area contributed by atoms with E-state index in [-0.39, 0.29) is 17.2 Å². The predicted molar refractivity (Wildman–Crippen MR) is 114 cm³/mol. The van der Waals surface area contributed by atoms with E-state index in [9.17, 15) is 0 Å². The number of nitrogens with zero attached hydrogens (tertiary/aromatic N) is 5. The van der Waals surface area contributed by atoms with Crippen LogP contribution in [0.3, 0.4) is 0 Å². The highest BCUT2D eigenvalue weighted by atomic mass is 16.5. The third-order valence-corrected chi connectivity index (χ3v) is 5.79. The number of hydrogen-bond acceptors (Lipinski definition) is 5. The Morgan fingerprint density at radius 3 is 2.67 bits per heavy atom. The maximum Gasteiger partial charge on any atom is 0.218 e. The van der Waals surface area contributed by atoms with Crippen LogP contribution in [0, 0.1) is 0 Å². The maximum absolute atomic E-state index is 6.88. The van der Waals surface area contributed by atoms with Crippen LogP contribution in [0.5, 0.6) is 0 Å². The summed E-state index contributed by atoms with van der Waals surface area (Å²) in [6.07, 6.45) is 11.7. The Bertz CT molecular complexity index is 627. The zero-order valence-corrected chi connectivity index (χ0v) is 17.9. The van der Waals surface area contributed by atoms with E-state index in [2.05, 4.69) is 68.4 Å². The lowest BCUT2D eigenvalue weighted by molar-refractivity contribution is -0.844. The average Bonchev–Trinajstić information content (AvgIpc) is 3.05. The molecule has 0 aromatic carbocycles. The van der Waals surface area contributed by atoms with Gasteiger partial charge in [-0.05, 0) is 53.2 Å². The molecule has 2 heterocycles. The summed E-state index contributed by atoms with van der Waals surface area (Å²) in [6, 6.07) is 0.272. The molecule has 150 valence electrons. The molecule has 0 spiro atoms. The molecule has 2 unspecified atom stereocenters. The number of allylic oxidation sites excluding steroid dienone is 1. The van der Waals surface area contributed by atoms with Crippen LogP contribution in [-0.4, -0.2) is 72.8 Å². The van der Waals surface area contributed by atoms with Gasteiger partial charge in [-0.2, -0.15) is 9.58 Å². The van der Waals surface area contributed by atoms with Gasteiger partial charge in [0.05, 0.1) is 18.2 Å². The van der Waals surface area contributed by atoms with Crippen molar-refractivity contribution < 1.29 is 9.33 Å². The number of aliphatic imine (C=N–C) groups is 2. The zero-order valence-electron chi connectivity index (χ0n) is 17.9. The Balaban J connectivity index is 2.19. The number of likely N-dealkylation sites (tertiary alicyclic amines) is 1. The molecule has 2 aliphatic heterocycles. The van der Waals surface area contributed by atoms with Crippen LogP contribution in [0.2, 0.25) is 0 Å². The number of hydrogen-bond donors (Lipinski definition) is 0. The van der Waals surface area contributed by atoms with Gasteiger partial charge in [-0.15, -0.1) is 0 Å². The van der Waals surface area contributed by atoms with Gasteiger partial charge in [0.1, 0.15) is 6.04 Å². The smallest absolute Gasteiger partial charge is 0.218 e. The van der Waals surface area contributed by atoms with Crippen LogP contribution in [-0.2, 0) is 4.74 Å². The third-order valence-electron chi connectivity index (χ3n) is 5.79. The van der Waals surface area contributed by atoms with E-state index in [1.54, 1.807) is 18.6 Å². The van der Waals surface area contributed by atoms with Gasteiger partial charge in [0, 0.05) is 31.9 Å². The first-order valence-corrected chi connectivity index (χ1v) is 9.77. The Kier molecular flexibility index (Phi) is 6.89. The maximum atomic E-state index is 6.88. The Morgan fingerprint density at radius 1 is 1.44 bits per heavy atom. The summed E-state index contributed by atoms with van der Waals surface area (Å²) in [6.45, 7) is 14.5. The van der Waals surface area contributed by atoms with Gasteiger partial charge in [0.25, 0.3) is 0 Å². The number of ether oxygens (including phenoxy) is 1. The second kappa shape index (κ2) is 8.59. The van der Waals surface area contributed by atoms with Crippen molar-refractivity contribution in [2.24, 2.45) is 15.1 Å². The molecule has 1 fully saturated rings. The van der Waals surface area contributed by atoms with E-state index in [1.165, 1.54) is 5.57 Å². The van der Waals surface area contributed by atoms with E-state index < -0.39 is 0 Å². The molecule has 0 aromatic heterocycles. The molecule has 2 aliphatic rings. The lowest BCUT2D eigenvalue weighted by Crippen LogP contribution is -2.52. The monoisotopic (exact) mass is 374 g/mol. The highest BCUT2D eigenvalue weighted by Gasteiger charge is 2.43. The van der Waals surface area contributed by atoms with E-state index in [4.69, 9.17) is 4.74 Å². The molecule has 6 nitrogen and oxygen atoms in total. The van der Waals surface area contributed by atoms with E-state index in [0.717, 1.165) is 32.4 Å². The first-order valence-electron chi connectivity index (χ1n) is 9.77. The van der Waals surface area contributed by atoms with Gasteiger partial charge in [0.15, 0.2) is 6.34 Å². The van der Waals surface area contributed by atoms with Crippen LogP contribution in [0.1, 0.15) is 47.0 Å². The number of piperidine rings is 1. The van der Waals surface area contributed by atoms with Crippen molar-refractivity contribution in [1.82, 2.24) is 4.90 Å². The molecule has 2 rings (SSSR count). The Labute approximate surface area is 164 Å². The highest BCUT2D eigenvalue weighted by Crippen LogP contribution is 2.39. The van der Waals surface area contributed by atoms with Crippen molar-refractivity contribution in [2.45, 2.75) is 64.2 Å². The molecule has 0 aliphatic carbocycles. The second-order valence-corrected chi connectivity index (χ2v) is 8.65. The first kappa shape index (κ1) is 21.7. The summed E-state index contributed by atoms with van der Waals surface area (Å²) in [5, 5.41) is 4.50. The van der Waals surface area contributed by atoms with Gasteiger partial charge in [-0.25, -0.2) is 0 Å². The van der Waals surface area contributed by atoms with Gasteiger partial charge in [0.2, 0.25) is 6.34 Å². The van der Waals surface area contributed by atoms with Gasteiger partial charge < -0.3 is 9.64 Å². The van der Waals surface area contributed by atoms with Crippen molar-refractivity contribution in [3.8, 4) is 0 Å². The lowest BCUT2D eigenvalue weighted by Gasteiger charge is -2.46. The number of quaternary nitrogens is 1. The fourth-order valence-corrected chi connectivity index (χ4v) is 3.92. The predicted octanol–water partition coefficient (Wildman–Crippen LogP) is 3.62. The van der Waals surface area contributed by atoms with Gasteiger partial charge in [-0.1, -0.05) is 17.8 Å². The number of rotatable bonds is 8. The van der Waals surface area contributed by atoms with Crippen molar-refractivity contribution in [3.05, 3.63) is 24.4 Å². The molecule has 0 saturated carbocycles. The molecular formula is C21H36N5O+. The zero-order chi connectivity index (χ0) is 20.1. The fourth-order valence-electron chi connectivity index (χ4n) is 3.92. The van der Waals surface area contributed by atoms with Crippen LogP contribution in [0.15, 0.2) is 39.5 Å². The first-order chi connectivity index (χ1) is 12.6. The van der Waals surface area contributed by atoms with Crippen molar-refractivity contribution in [2.75, 3.05) is 27.2 Å². The average molecular weight is 375 g/mol. The molecule has 0 aromatic rings. The third kappa shape index (κ3) is 5.43. The van der Waals surface area contributed by atoms with Crippen molar-refractivity contribution in [3.63, 3.8) is 0 Å². The SMILES string of the molecule is C=CC=NC=C(C)C1(OC(C)(C)CC(C)[N+]2(C)C=NC=N2)CCN(C)CC1. The fraction of sp³-hybridized carbons (Fsp3) is 0.667. The van der Waals surface area contributed by atoms with Crippen LogP contribution in [0.25, 0.3) is 0 Å². The summed E-state index contributed by atoms with van der Waals surface area (Å²) in [7, 11) is 4.25. The summed E-state index contributed by atoms with van der Waals surface area (Å²) in [4.78, 5) is 10.9. The van der Waals surface area contributed by atoms with Gasteiger partial charge in [-0.3, -0.25) is 4.99 Å². The lowest BCUT2D eigenvalue weighted by atomic mass is 9.83. The minimum absolute atomic E-state index is 0.272. The van der Waals surface area contributed by atoms with E-state index in [0.29, 0.717) is 4.59 Å². The van der Waals surface area contributed by atoms with E-state index >= 15 is 0 Å². The normalized spacial score (nSPS) is 27.4. The van der Waals surface area contributed by atoms with Crippen molar-refractivity contribution in [1.29, 1.82) is 0 Å². The summed E-state index contributed by atoms with van der Waals surface area (Å²) < 4.78 is 7.35. The van der Waals surface area contributed by atoms with Crippen LogP contribution >= 0.6 is 0 Å². The molecule has 0 N–H and O–H groups in total. The molecular weight excluding hydrogens is 338 g/mol. The molecule has 6 heteroatoms. The minimum Gasteiger partial charge on any atom is -0.364 e. The van der Waals surface area contributed by atoms with Crippen LogP contribution in [0.4, 0.5) is 0 Å². The summed E-state index contributed by atoms with van der Waals surface area (Å²) in [5.41, 5.74) is 0.602. The standard InChI is InChI=1S/C21H36N5O/c1-8-11-22-15-18(2)21(9-12-25(6)13-10-21)27-20(4,5)14-19(3)26(7)17-23-16-24-26/h8,11,15-17,19H,1,9-10,12-14H2,2-7H3/q+1. The molecule has 27 heavy (non-hydrogen) atoms. The summed E-state index contributed by atoms with van der Waals surface area (Å²) in [5.74, 6) is 0. The van der Waals surface area contributed by atoms with E-state index in [1.807, 2.05) is 12.5 Å². The Hall–Kier alpha value is -1.63. The van der Waals surface area contributed by atoms with Crippen molar-refractivity contribution >= 4 is 18.9 Å². The second-order valence-electron chi connectivity index (χ2n) is 8.65. The molecule has 0 radical (unpaired) electrons. The highest BCUT2D eigenvalue weighted by molar-refractivity contribution is 5.71. The topological polar surface area (TPSA) is 49.6 Å². The molecule has 2 atom stereocenters. The largest absolute Gasteiger partial charge is 0.364 e. The minimum atomic E-state index is -0.292. The molecule has 0 bridgehead atoms. The van der Waals surface area contributed by atoms with Gasteiger partial charge >= 0.3 is 0 Å². The van der Waals surface area contributed by atoms with Crippen LogP contribution < -0.4 is 0 Å².